The summed E-state index contributed by atoms with van der Waals surface area (Å²) in [6.07, 6.45) is -9.43. The summed E-state index contributed by atoms with van der Waals surface area (Å²) in [4.78, 5) is 24.9. The Labute approximate surface area is 207 Å². The fourth-order valence-corrected chi connectivity index (χ4v) is 4.56. The molecular weight excluding hydrogens is 502 g/mol. The van der Waals surface area contributed by atoms with Crippen LogP contribution in [0.25, 0.3) is 0 Å². The second kappa shape index (κ2) is 9.57. The molecular formula is C27H20F6O4. The topological polar surface area (TPSA) is 63.6 Å². The Morgan fingerprint density at radius 1 is 0.946 bits per heavy atom. The van der Waals surface area contributed by atoms with E-state index in [0.29, 0.717) is 17.5 Å². The van der Waals surface area contributed by atoms with Gasteiger partial charge in [0, 0.05) is 17.0 Å². The molecule has 0 spiro atoms. The molecule has 4 rings (SSSR count). The second-order valence-electron chi connectivity index (χ2n) is 8.69. The van der Waals surface area contributed by atoms with Gasteiger partial charge in [-0.15, -0.1) is 0 Å². The van der Waals surface area contributed by atoms with E-state index in [1.54, 1.807) is 6.92 Å². The lowest BCUT2D eigenvalue weighted by Gasteiger charge is -2.22. The molecule has 10 heteroatoms. The molecule has 1 heterocycles. The summed E-state index contributed by atoms with van der Waals surface area (Å²) < 4.78 is 85.3. The predicted molar refractivity (Wildman–Crippen MR) is 121 cm³/mol. The highest BCUT2D eigenvalue weighted by Crippen LogP contribution is 2.40. The normalized spacial score (nSPS) is 14.3. The number of aliphatic carboxylic acids is 1. The lowest BCUT2D eigenvalue weighted by Crippen LogP contribution is -2.13. The van der Waals surface area contributed by atoms with Gasteiger partial charge in [0.15, 0.2) is 5.78 Å². The van der Waals surface area contributed by atoms with Gasteiger partial charge >= 0.3 is 18.3 Å². The van der Waals surface area contributed by atoms with Gasteiger partial charge in [-0.3, -0.25) is 9.59 Å². The van der Waals surface area contributed by atoms with Crippen molar-refractivity contribution in [1.82, 2.24) is 0 Å². The average molecular weight is 522 g/mol. The molecule has 0 saturated carbocycles. The van der Waals surface area contributed by atoms with Crippen molar-refractivity contribution >= 4 is 11.8 Å². The molecule has 4 nitrogen and oxygen atoms in total. The Bertz CT molecular complexity index is 1370. The third kappa shape index (κ3) is 5.33. The van der Waals surface area contributed by atoms with Gasteiger partial charge in [-0.2, -0.15) is 26.3 Å². The van der Waals surface area contributed by atoms with E-state index in [0.717, 1.165) is 30.3 Å². The van der Waals surface area contributed by atoms with Crippen LogP contribution in [-0.2, 0) is 30.2 Å². The van der Waals surface area contributed by atoms with Crippen molar-refractivity contribution in [2.24, 2.45) is 0 Å². The number of alkyl halides is 6. The van der Waals surface area contributed by atoms with Crippen LogP contribution in [0.15, 0.2) is 54.6 Å². The van der Waals surface area contributed by atoms with Crippen LogP contribution in [0.3, 0.4) is 0 Å². The van der Waals surface area contributed by atoms with Crippen LogP contribution in [0.2, 0.25) is 0 Å². The Morgan fingerprint density at radius 2 is 1.62 bits per heavy atom. The highest BCUT2D eigenvalue weighted by molar-refractivity contribution is 6.12. The molecule has 0 radical (unpaired) electrons. The van der Waals surface area contributed by atoms with E-state index in [4.69, 9.17) is 4.74 Å². The zero-order valence-electron chi connectivity index (χ0n) is 19.3. The Balaban J connectivity index is 1.84. The number of benzene rings is 3. The number of carboxylic acids is 1. The average Bonchev–Trinajstić information content (AvgIpc) is 2.95. The van der Waals surface area contributed by atoms with Crippen LogP contribution in [0.5, 0.6) is 5.75 Å². The number of carboxylic acid groups (broad SMARTS) is 1. The first-order chi connectivity index (χ1) is 17.3. The van der Waals surface area contributed by atoms with E-state index in [1.807, 2.05) is 0 Å². The van der Waals surface area contributed by atoms with Crippen molar-refractivity contribution in [2.45, 2.75) is 44.6 Å². The standard InChI is InChI=1S/C27H20F6O4/c1-2-19(14-4-3-5-17(8-14)26(28,29)30)21-12-23-22(10-15(21)11-24(34)35)25(36)20-7-6-18(27(31,32)33)9-16(20)13-37-23/h3-10,12,19H,2,11,13H2,1H3,(H,34,35). The smallest absolute Gasteiger partial charge is 0.416 e. The molecule has 0 fully saturated rings. The molecule has 0 bridgehead atoms. The molecule has 1 unspecified atom stereocenters. The molecule has 0 aromatic heterocycles. The van der Waals surface area contributed by atoms with Crippen molar-refractivity contribution in [3.05, 3.63) is 99.1 Å². The lowest BCUT2D eigenvalue weighted by atomic mass is 9.83. The van der Waals surface area contributed by atoms with Crippen LogP contribution in [0, 0.1) is 0 Å². The number of halogens is 6. The SMILES string of the molecule is CCC(c1cccc(C(F)(F)F)c1)c1cc2c(cc1CC(=O)O)C(=O)c1ccc(C(F)(F)F)cc1CO2. The third-order valence-electron chi connectivity index (χ3n) is 6.29. The Hall–Kier alpha value is -3.82. The zero-order valence-corrected chi connectivity index (χ0v) is 19.3. The fourth-order valence-electron chi connectivity index (χ4n) is 4.56. The van der Waals surface area contributed by atoms with E-state index in [9.17, 15) is 41.0 Å². The predicted octanol–water partition coefficient (Wildman–Crippen LogP) is 7.02. The molecule has 37 heavy (non-hydrogen) atoms. The monoisotopic (exact) mass is 522 g/mol. The summed E-state index contributed by atoms with van der Waals surface area (Å²) >= 11 is 0. The molecule has 1 atom stereocenters. The summed E-state index contributed by atoms with van der Waals surface area (Å²) in [5.41, 5.74) is -0.982. The van der Waals surface area contributed by atoms with E-state index >= 15 is 0 Å². The molecule has 3 aromatic rings. The maximum absolute atomic E-state index is 13.3. The van der Waals surface area contributed by atoms with Crippen LogP contribution in [0.4, 0.5) is 26.3 Å². The number of ether oxygens (including phenoxy) is 1. The zero-order chi connectivity index (χ0) is 27.1. The van der Waals surface area contributed by atoms with E-state index < -0.39 is 47.6 Å². The molecule has 1 N–H and O–H groups in total. The van der Waals surface area contributed by atoms with Crippen molar-refractivity contribution in [3.63, 3.8) is 0 Å². The fraction of sp³-hybridized carbons (Fsp3) is 0.259. The molecule has 3 aromatic carbocycles. The van der Waals surface area contributed by atoms with Gasteiger partial charge in [0.2, 0.25) is 0 Å². The minimum atomic E-state index is -4.63. The number of hydrogen-bond donors (Lipinski definition) is 1. The van der Waals surface area contributed by atoms with E-state index in [1.165, 1.54) is 24.3 Å². The summed E-state index contributed by atoms with van der Waals surface area (Å²) in [7, 11) is 0. The van der Waals surface area contributed by atoms with Gasteiger partial charge in [0.05, 0.1) is 23.1 Å². The maximum Gasteiger partial charge on any atom is 0.416 e. The van der Waals surface area contributed by atoms with Gasteiger partial charge in [-0.1, -0.05) is 31.2 Å². The van der Waals surface area contributed by atoms with Crippen molar-refractivity contribution < 1.29 is 45.8 Å². The Morgan fingerprint density at radius 3 is 2.24 bits per heavy atom. The number of fused-ring (bicyclic) bond motifs is 2. The number of ketones is 1. The lowest BCUT2D eigenvalue weighted by molar-refractivity contribution is -0.138. The molecule has 194 valence electrons. The van der Waals surface area contributed by atoms with Crippen LogP contribution >= 0.6 is 0 Å². The first kappa shape index (κ1) is 26.2. The third-order valence-corrected chi connectivity index (χ3v) is 6.29. The molecule has 1 aliphatic rings. The number of rotatable bonds is 5. The maximum atomic E-state index is 13.3. The highest BCUT2D eigenvalue weighted by Gasteiger charge is 2.34. The van der Waals surface area contributed by atoms with Gasteiger partial charge < -0.3 is 9.84 Å². The van der Waals surface area contributed by atoms with Gasteiger partial charge in [0.1, 0.15) is 12.4 Å². The van der Waals surface area contributed by atoms with Crippen molar-refractivity contribution in [2.75, 3.05) is 0 Å². The quantitative estimate of drug-likeness (QED) is 0.366. The number of hydrogen-bond acceptors (Lipinski definition) is 3. The summed E-state index contributed by atoms with van der Waals surface area (Å²) in [5, 5.41) is 9.49. The van der Waals surface area contributed by atoms with Crippen molar-refractivity contribution in [1.29, 1.82) is 0 Å². The summed E-state index contributed by atoms with van der Waals surface area (Å²) in [6.45, 7) is 1.37. The first-order valence-corrected chi connectivity index (χ1v) is 11.2. The van der Waals surface area contributed by atoms with Crippen LogP contribution in [0.1, 0.15) is 68.6 Å². The molecule has 0 amide bonds. The highest BCUT2D eigenvalue weighted by atomic mass is 19.4. The van der Waals surface area contributed by atoms with Crippen LogP contribution in [-0.4, -0.2) is 16.9 Å². The molecule has 0 saturated heterocycles. The van der Waals surface area contributed by atoms with Crippen LogP contribution < -0.4 is 4.74 Å². The van der Waals surface area contributed by atoms with E-state index in [-0.39, 0.29) is 34.6 Å². The minimum absolute atomic E-state index is 0.00862. The van der Waals surface area contributed by atoms with E-state index in [2.05, 4.69) is 0 Å². The molecule has 0 aliphatic carbocycles. The van der Waals surface area contributed by atoms with Gasteiger partial charge in [-0.05, 0) is 53.4 Å². The Kier molecular flexibility index (Phi) is 6.79. The van der Waals surface area contributed by atoms with Gasteiger partial charge in [0.25, 0.3) is 0 Å². The van der Waals surface area contributed by atoms with Crippen molar-refractivity contribution in [3.8, 4) is 5.75 Å². The summed E-state index contributed by atoms with van der Waals surface area (Å²) in [6, 6.07) is 10.1. The largest absolute Gasteiger partial charge is 0.488 e. The summed E-state index contributed by atoms with van der Waals surface area (Å²) in [5.74, 6) is -2.51. The number of carbonyl (C=O) groups is 2. The second-order valence-corrected chi connectivity index (χ2v) is 8.69. The first-order valence-electron chi connectivity index (χ1n) is 11.2. The van der Waals surface area contributed by atoms with Gasteiger partial charge in [-0.25, -0.2) is 0 Å². The number of carbonyl (C=O) groups excluding carboxylic acids is 1. The molecule has 1 aliphatic heterocycles. The minimum Gasteiger partial charge on any atom is -0.488 e.